The molecule has 0 fully saturated rings. The van der Waals surface area contributed by atoms with Gasteiger partial charge in [-0.25, -0.2) is 0 Å². The molecule has 0 saturated heterocycles. The van der Waals surface area contributed by atoms with Gasteiger partial charge in [0.1, 0.15) is 0 Å². The molecule has 12 heavy (non-hydrogen) atoms. The van der Waals surface area contributed by atoms with E-state index in [2.05, 4.69) is 4.74 Å². The van der Waals surface area contributed by atoms with Crippen LogP contribution >= 0.6 is 0 Å². The van der Waals surface area contributed by atoms with Crippen LogP contribution in [0.3, 0.4) is 0 Å². The van der Waals surface area contributed by atoms with Crippen LogP contribution in [0, 0.1) is 0 Å². The van der Waals surface area contributed by atoms with Crippen molar-refractivity contribution in [2.24, 2.45) is 0 Å². The Balaban J connectivity index is 4.11. The highest BCUT2D eigenvalue weighted by atomic mass is 16.7. The van der Waals surface area contributed by atoms with E-state index in [0.29, 0.717) is 6.29 Å². The highest BCUT2D eigenvalue weighted by Gasteiger charge is 2.30. The summed E-state index contributed by atoms with van der Waals surface area (Å²) in [5.74, 6) is -1.96. The molecule has 0 aromatic carbocycles. The summed E-state index contributed by atoms with van der Waals surface area (Å²) in [6, 6.07) is 0. The third-order valence-corrected chi connectivity index (χ3v) is 1.35. The molecule has 70 valence electrons. The largest absolute Gasteiger partial charge is 0.460 e. The summed E-state index contributed by atoms with van der Waals surface area (Å²) in [6.45, 7) is 1.000. The zero-order chi connectivity index (χ0) is 9.61. The van der Waals surface area contributed by atoms with Gasteiger partial charge < -0.3 is 14.2 Å². The zero-order valence-electron chi connectivity index (χ0n) is 7.33. The van der Waals surface area contributed by atoms with Gasteiger partial charge in [0.05, 0.1) is 0 Å². The molecule has 0 radical (unpaired) electrons. The fraction of sp³-hybridized carbons (Fsp3) is 0.714. The summed E-state index contributed by atoms with van der Waals surface area (Å²) >= 11 is 0. The summed E-state index contributed by atoms with van der Waals surface area (Å²) in [5.41, 5.74) is 0. The summed E-state index contributed by atoms with van der Waals surface area (Å²) in [7, 11) is 2.59. The standard InChI is InChI=1S/C7H12O5/c1-6(9)12-5-7(4-8,10-2)11-3/h4H,5H2,1-3H3. The average molecular weight is 176 g/mol. The molecule has 0 aliphatic rings. The molecular weight excluding hydrogens is 164 g/mol. The minimum Gasteiger partial charge on any atom is -0.460 e. The van der Waals surface area contributed by atoms with E-state index in [-0.39, 0.29) is 6.61 Å². The van der Waals surface area contributed by atoms with Gasteiger partial charge in [0.2, 0.25) is 0 Å². The summed E-state index contributed by atoms with van der Waals surface area (Å²) in [6.07, 6.45) is 0.440. The number of ether oxygens (including phenoxy) is 3. The van der Waals surface area contributed by atoms with Crippen molar-refractivity contribution in [1.29, 1.82) is 0 Å². The summed E-state index contributed by atoms with van der Waals surface area (Å²) in [4.78, 5) is 20.8. The predicted octanol–water partition coefficient (Wildman–Crippen LogP) is -0.263. The maximum absolute atomic E-state index is 10.5. The predicted molar refractivity (Wildman–Crippen MR) is 39.4 cm³/mol. The summed E-state index contributed by atoms with van der Waals surface area (Å²) < 4.78 is 14.0. The van der Waals surface area contributed by atoms with E-state index in [1.165, 1.54) is 21.1 Å². The average Bonchev–Trinajstić information content (AvgIpc) is 2.08. The second-order valence-corrected chi connectivity index (χ2v) is 2.12. The molecule has 0 heterocycles. The van der Waals surface area contributed by atoms with Crippen molar-refractivity contribution in [3.05, 3.63) is 0 Å². The Morgan fingerprint density at radius 1 is 1.42 bits per heavy atom. The minimum absolute atomic E-state index is 0.237. The van der Waals surface area contributed by atoms with E-state index in [4.69, 9.17) is 9.47 Å². The molecule has 0 spiro atoms. The van der Waals surface area contributed by atoms with Gasteiger partial charge in [0.15, 0.2) is 12.9 Å². The lowest BCUT2D eigenvalue weighted by Crippen LogP contribution is -2.41. The van der Waals surface area contributed by atoms with Gasteiger partial charge in [0.25, 0.3) is 5.79 Å². The smallest absolute Gasteiger partial charge is 0.302 e. The van der Waals surface area contributed by atoms with Gasteiger partial charge in [-0.15, -0.1) is 0 Å². The molecule has 0 aromatic heterocycles. The van der Waals surface area contributed by atoms with Crippen molar-refractivity contribution in [2.75, 3.05) is 20.8 Å². The van der Waals surface area contributed by atoms with Crippen molar-refractivity contribution in [3.8, 4) is 0 Å². The molecule has 0 atom stereocenters. The van der Waals surface area contributed by atoms with Crippen LogP contribution in [0.2, 0.25) is 0 Å². The van der Waals surface area contributed by atoms with Gasteiger partial charge >= 0.3 is 5.97 Å². The Morgan fingerprint density at radius 3 is 2.17 bits per heavy atom. The highest BCUT2D eigenvalue weighted by Crippen LogP contribution is 2.07. The first-order chi connectivity index (χ1) is 5.60. The maximum Gasteiger partial charge on any atom is 0.302 e. The van der Waals surface area contributed by atoms with Crippen LogP contribution < -0.4 is 0 Å². The number of aldehydes is 1. The van der Waals surface area contributed by atoms with Crippen molar-refractivity contribution in [2.45, 2.75) is 12.7 Å². The number of rotatable bonds is 5. The fourth-order valence-electron chi connectivity index (χ4n) is 0.534. The van der Waals surface area contributed by atoms with Gasteiger partial charge in [-0.05, 0) is 0 Å². The first-order valence-electron chi connectivity index (χ1n) is 3.30. The first kappa shape index (κ1) is 11.1. The molecule has 0 saturated carbocycles. The first-order valence-corrected chi connectivity index (χ1v) is 3.30. The molecule has 5 heteroatoms. The molecule has 0 rings (SSSR count). The quantitative estimate of drug-likeness (QED) is 0.328. The molecular formula is C7H12O5. The molecule has 0 aliphatic heterocycles. The van der Waals surface area contributed by atoms with Crippen LogP contribution in [0.15, 0.2) is 0 Å². The lowest BCUT2D eigenvalue weighted by atomic mass is 10.3. The number of methoxy groups -OCH3 is 2. The van der Waals surface area contributed by atoms with Crippen LogP contribution in [-0.2, 0) is 23.8 Å². The molecule has 0 aromatic rings. The minimum atomic E-state index is -1.47. The van der Waals surface area contributed by atoms with Crippen LogP contribution in [0.1, 0.15) is 6.92 Å². The van der Waals surface area contributed by atoms with E-state index in [1.807, 2.05) is 0 Å². The third-order valence-electron chi connectivity index (χ3n) is 1.35. The van der Waals surface area contributed by atoms with Crippen molar-refractivity contribution in [1.82, 2.24) is 0 Å². The van der Waals surface area contributed by atoms with Crippen molar-refractivity contribution >= 4 is 12.3 Å². The van der Waals surface area contributed by atoms with Crippen LogP contribution in [0.5, 0.6) is 0 Å². The van der Waals surface area contributed by atoms with Gasteiger partial charge in [-0.3, -0.25) is 9.59 Å². The Hall–Kier alpha value is -0.940. The van der Waals surface area contributed by atoms with Crippen molar-refractivity contribution in [3.63, 3.8) is 0 Å². The Morgan fingerprint density at radius 2 is 1.92 bits per heavy atom. The number of carbonyl (C=O) groups excluding carboxylic acids is 2. The Kier molecular flexibility index (Phi) is 4.46. The highest BCUT2D eigenvalue weighted by molar-refractivity contribution is 5.67. The molecule has 0 aliphatic carbocycles. The van der Waals surface area contributed by atoms with Gasteiger partial charge in [-0.2, -0.15) is 0 Å². The Labute approximate surface area is 70.6 Å². The van der Waals surface area contributed by atoms with E-state index < -0.39 is 11.8 Å². The fourth-order valence-corrected chi connectivity index (χ4v) is 0.534. The molecule has 0 amide bonds. The topological polar surface area (TPSA) is 61.8 Å². The number of hydrogen-bond donors (Lipinski definition) is 0. The second kappa shape index (κ2) is 4.84. The van der Waals surface area contributed by atoms with Gasteiger partial charge in [0, 0.05) is 21.1 Å². The number of carbonyl (C=O) groups is 2. The number of esters is 1. The lowest BCUT2D eigenvalue weighted by Gasteiger charge is -2.23. The second-order valence-electron chi connectivity index (χ2n) is 2.12. The van der Waals surface area contributed by atoms with E-state index in [9.17, 15) is 9.59 Å². The monoisotopic (exact) mass is 176 g/mol. The maximum atomic E-state index is 10.5. The van der Waals surface area contributed by atoms with E-state index in [0.717, 1.165) is 0 Å². The molecule has 0 bridgehead atoms. The van der Waals surface area contributed by atoms with E-state index in [1.54, 1.807) is 0 Å². The van der Waals surface area contributed by atoms with Crippen LogP contribution in [0.25, 0.3) is 0 Å². The normalized spacial score (nSPS) is 10.9. The van der Waals surface area contributed by atoms with Crippen LogP contribution in [0.4, 0.5) is 0 Å². The molecule has 5 nitrogen and oxygen atoms in total. The summed E-state index contributed by atoms with van der Waals surface area (Å²) in [5, 5.41) is 0. The van der Waals surface area contributed by atoms with Crippen molar-refractivity contribution < 1.29 is 23.8 Å². The van der Waals surface area contributed by atoms with Gasteiger partial charge in [-0.1, -0.05) is 0 Å². The lowest BCUT2D eigenvalue weighted by molar-refractivity contribution is -0.216. The number of hydrogen-bond acceptors (Lipinski definition) is 5. The third kappa shape index (κ3) is 2.98. The zero-order valence-corrected chi connectivity index (χ0v) is 7.33. The SMILES string of the molecule is COC(C=O)(COC(C)=O)OC. The molecule has 0 unspecified atom stereocenters. The Bertz CT molecular complexity index is 161. The molecule has 0 N–H and O–H groups in total. The van der Waals surface area contributed by atoms with Crippen LogP contribution in [-0.4, -0.2) is 38.9 Å². The van der Waals surface area contributed by atoms with E-state index >= 15 is 0 Å².